The number of carbonyl (C=O) groups is 1. The lowest BCUT2D eigenvalue weighted by molar-refractivity contribution is -0.480. The molecule has 0 saturated carbocycles. The molecule has 4 aromatic rings. The number of carbonyl (C=O) groups excluding carboxylic acids is 1. The summed E-state index contributed by atoms with van der Waals surface area (Å²) in [6.45, 7) is 0.166. The van der Waals surface area contributed by atoms with Gasteiger partial charge in [-0.15, -0.1) is 0 Å². The number of quaternary nitrogens is 1. The molecular formula is C19H18FN8O2+. The van der Waals surface area contributed by atoms with Gasteiger partial charge in [-0.3, -0.25) is 0 Å². The molecule has 11 heteroatoms. The number of benzene rings is 1. The fourth-order valence-corrected chi connectivity index (χ4v) is 3.01. The van der Waals surface area contributed by atoms with E-state index in [2.05, 4.69) is 24.8 Å². The van der Waals surface area contributed by atoms with E-state index in [1.54, 1.807) is 41.2 Å². The average molecular weight is 409 g/mol. The predicted molar refractivity (Wildman–Crippen MR) is 107 cm³/mol. The maximum Gasteiger partial charge on any atom is 0.517 e. The van der Waals surface area contributed by atoms with Crippen LogP contribution in [0.2, 0.25) is 0 Å². The number of hydrogen-bond donors (Lipinski definition) is 3. The zero-order valence-electron chi connectivity index (χ0n) is 15.9. The predicted octanol–water partition coefficient (Wildman–Crippen LogP) is 1.20. The van der Waals surface area contributed by atoms with Gasteiger partial charge < -0.3 is 16.2 Å². The first-order chi connectivity index (χ1) is 14.5. The Bertz CT molecular complexity index is 1230. The van der Waals surface area contributed by atoms with Crippen molar-refractivity contribution in [2.75, 3.05) is 18.6 Å². The van der Waals surface area contributed by atoms with Crippen molar-refractivity contribution in [3.8, 4) is 11.5 Å². The minimum Gasteiger partial charge on any atom is -0.423 e. The Morgan fingerprint density at radius 3 is 2.60 bits per heavy atom. The molecule has 3 aromatic heterocycles. The zero-order valence-corrected chi connectivity index (χ0v) is 15.9. The van der Waals surface area contributed by atoms with Crippen LogP contribution in [-0.2, 0) is 11.3 Å². The molecular weight excluding hydrogens is 391 g/mol. The largest absolute Gasteiger partial charge is 0.517 e. The average Bonchev–Trinajstić information content (AvgIpc) is 3.10. The smallest absolute Gasteiger partial charge is 0.423 e. The van der Waals surface area contributed by atoms with E-state index in [0.717, 1.165) is 5.32 Å². The first kappa shape index (κ1) is 19.2. The number of nitrogen functional groups attached to an aromatic ring is 2. The minimum atomic E-state index is -0.631. The highest BCUT2D eigenvalue weighted by atomic mass is 19.1. The molecule has 0 unspecified atom stereocenters. The van der Waals surface area contributed by atoms with Crippen molar-refractivity contribution in [2.45, 2.75) is 6.54 Å². The summed E-state index contributed by atoms with van der Waals surface area (Å²) in [5, 5.41) is 6.30. The number of halogens is 1. The number of nitrogens with zero attached hydrogens (tertiary/aromatic N) is 5. The zero-order chi connectivity index (χ0) is 21.3. The SMILES string of the molecule is COC(=O)[NH2+]c1c(N)nc(-c2nn(Cc3ccccc3F)c3ncccc23)nc1N. The molecule has 3 heterocycles. The summed E-state index contributed by atoms with van der Waals surface area (Å²) < 4.78 is 20.3. The van der Waals surface area contributed by atoms with Gasteiger partial charge in [0.1, 0.15) is 11.5 Å². The third-order valence-corrected chi connectivity index (χ3v) is 4.46. The number of anilines is 2. The molecule has 0 aliphatic heterocycles. The molecule has 1 amide bonds. The van der Waals surface area contributed by atoms with Crippen LogP contribution in [0.5, 0.6) is 0 Å². The van der Waals surface area contributed by atoms with Crippen molar-refractivity contribution in [2.24, 2.45) is 0 Å². The van der Waals surface area contributed by atoms with Crippen molar-refractivity contribution >= 4 is 34.4 Å². The van der Waals surface area contributed by atoms with Crippen LogP contribution < -0.4 is 16.8 Å². The first-order valence-electron chi connectivity index (χ1n) is 8.89. The molecule has 152 valence electrons. The number of ether oxygens (including phenoxy) is 1. The van der Waals surface area contributed by atoms with Crippen LogP contribution in [0.3, 0.4) is 0 Å². The number of pyridine rings is 1. The molecule has 0 atom stereocenters. The standard InChI is InChI=1S/C19H17FN8O2/c1-30-19(29)24-14-15(21)25-17(26-16(14)22)13-11-6-4-8-23-18(11)28(27-13)9-10-5-2-3-7-12(10)20/h2-8H,9H2,1H3,(H,24,29)(H4,21,22,25,26)/p+1. The van der Waals surface area contributed by atoms with Gasteiger partial charge in [-0.25, -0.2) is 29.3 Å². The molecule has 4 rings (SSSR count). The van der Waals surface area contributed by atoms with E-state index < -0.39 is 6.09 Å². The Balaban J connectivity index is 1.80. The van der Waals surface area contributed by atoms with E-state index in [4.69, 9.17) is 11.5 Å². The topological polar surface area (TPSA) is 151 Å². The lowest BCUT2D eigenvalue weighted by Gasteiger charge is -2.06. The molecule has 6 N–H and O–H groups in total. The van der Waals surface area contributed by atoms with Crippen LogP contribution in [0.4, 0.5) is 26.5 Å². The number of fused-ring (bicyclic) bond motifs is 1. The minimum absolute atomic E-state index is 0.00333. The lowest BCUT2D eigenvalue weighted by atomic mass is 10.2. The highest BCUT2D eigenvalue weighted by molar-refractivity contribution is 5.90. The highest BCUT2D eigenvalue weighted by Crippen LogP contribution is 2.28. The van der Waals surface area contributed by atoms with Crippen LogP contribution in [0, 0.1) is 5.82 Å². The van der Waals surface area contributed by atoms with Gasteiger partial charge in [0.15, 0.2) is 23.1 Å². The molecule has 30 heavy (non-hydrogen) atoms. The Hall–Kier alpha value is -4.12. The van der Waals surface area contributed by atoms with Gasteiger partial charge >= 0.3 is 6.09 Å². The molecule has 0 fully saturated rings. The third-order valence-electron chi connectivity index (χ3n) is 4.46. The van der Waals surface area contributed by atoms with Crippen LogP contribution in [0.15, 0.2) is 42.6 Å². The molecule has 1 aromatic carbocycles. The number of nitrogens with two attached hydrogens (primary N) is 3. The monoisotopic (exact) mass is 409 g/mol. The summed E-state index contributed by atoms with van der Waals surface area (Å²) >= 11 is 0. The molecule has 0 saturated heterocycles. The van der Waals surface area contributed by atoms with Gasteiger partial charge in [0.05, 0.1) is 19.0 Å². The summed E-state index contributed by atoms with van der Waals surface area (Å²) in [5.74, 6) is -0.171. The van der Waals surface area contributed by atoms with Crippen molar-refractivity contribution in [3.63, 3.8) is 0 Å². The Labute approximate surface area is 169 Å². The highest BCUT2D eigenvalue weighted by Gasteiger charge is 2.22. The van der Waals surface area contributed by atoms with Crippen LogP contribution >= 0.6 is 0 Å². The van der Waals surface area contributed by atoms with E-state index >= 15 is 0 Å². The van der Waals surface area contributed by atoms with Gasteiger partial charge in [0.2, 0.25) is 5.69 Å². The van der Waals surface area contributed by atoms with E-state index in [0.29, 0.717) is 22.3 Å². The van der Waals surface area contributed by atoms with E-state index in [9.17, 15) is 9.18 Å². The van der Waals surface area contributed by atoms with Crippen LogP contribution in [0.25, 0.3) is 22.6 Å². The second-order valence-corrected chi connectivity index (χ2v) is 6.37. The van der Waals surface area contributed by atoms with Crippen molar-refractivity contribution < 1.29 is 19.2 Å². The summed E-state index contributed by atoms with van der Waals surface area (Å²) in [7, 11) is 1.24. The van der Waals surface area contributed by atoms with E-state index in [-0.39, 0.29) is 35.5 Å². The molecule has 0 aliphatic carbocycles. The fraction of sp³-hybridized carbons (Fsp3) is 0.105. The second kappa shape index (κ2) is 7.72. The summed E-state index contributed by atoms with van der Waals surface area (Å²) in [6.07, 6.45) is 0.984. The van der Waals surface area contributed by atoms with E-state index in [1.165, 1.54) is 13.2 Å². The van der Waals surface area contributed by atoms with Crippen molar-refractivity contribution in [1.29, 1.82) is 0 Å². The van der Waals surface area contributed by atoms with Crippen LogP contribution in [0.1, 0.15) is 5.56 Å². The molecule has 10 nitrogen and oxygen atoms in total. The first-order valence-corrected chi connectivity index (χ1v) is 8.89. The summed E-state index contributed by atoms with van der Waals surface area (Å²) in [6, 6.07) is 9.97. The number of aromatic nitrogens is 5. The molecule has 0 spiro atoms. The summed E-state index contributed by atoms with van der Waals surface area (Å²) in [4.78, 5) is 24.4. The van der Waals surface area contributed by atoms with E-state index in [1.807, 2.05) is 0 Å². The van der Waals surface area contributed by atoms with Gasteiger partial charge in [0.25, 0.3) is 0 Å². The maximum atomic E-state index is 14.1. The Kier molecular flexibility index (Phi) is 4.94. The number of primary amides is 1. The lowest BCUT2D eigenvalue weighted by Crippen LogP contribution is -2.82. The van der Waals surface area contributed by atoms with Crippen molar-refractivity contribution in [3.05, 3.63) is 54.0 Å². The Morgan fingerprint density at radius 2 is 1.90 bits per heavy atom. The number of rotatable bonds is 4. The molecule has 0 bridgehead atoms. The van der Waals surface area contributed by atoms with Gasteiger partial charge in [0, 0.05) is 11.8 Å². The number of methoxy groups -OCH3 is 1. The quantitative estimate of drug-likeness (QED) is 0.455. The third kappa shape index (κ3) is 3.49. The molecule has 0 aliphatic rings. The summed E-state index contributed by atoms with van der Waals surface area (Å²) in [5.41, 5.74) is 13.5. The van der Waals surface area contributed by atoms with Gasteiger partial charge in [-0.2, -0.15) is 9.89 Å². The Morgan fingerprint density at radius 1 is 1.17 bits per heavy atom. The fourth-order valence-electron chi connectivity index (χ4n) is 3.01. The van der Waals surface area contributed by atoms with Gasteiger partial charge in [-0.05, 0) is 18.2 Å². The number of amides is 1. The molecule has 0 radical (unpaired) electrons. The van der Waals surface area contributed by atoms with Crippen LogP contribution in [-0.4, -0.2) is 37.9 Å². The number of hydrogen-bond acceptors (Lipinski definition) is 8. The normalized spacial score (nSPS) is 11.0. The second-order valence-electron chi connectivity index (χ2n) is 6.37. The van der Waals surface area contributed by atoms with Crippen molar-refractivity contribution in [1.82, 2.24) is 24.7 Å². The maximum absolute atomic E-state index is 14.1. The van der Waals surface area contributed by atoms with Gasteiger partial charge in [-0.1, -0.05) is 18.2 Å².